The average molecular weight is 401 g/mol. The zero-order valence-corrected chi connectivity index (χ0v) is 18.0. The number of rotatable bonds is 7. The first-order chi connectivity index (χ1) is 14.0. The van der Waals surface area contributed by atoms with Crippen LogP contribution in [-0.4, -0.2) is 84.9 Å². The molecule has 0 spiro atoms. The lowest BCUT2D eigenvalue weighted by Gasteiger charge is -2.35. The highest BCUT2D eigenvalue weighted by atomic mass is 16.2. The van der Waals surface area contributed by atoms with Gasteiger partial charge in [-0.25, -0.2) is 0 Å². The summed E-state index contributed by atoms with van der Waals surface area (Å²) >= 11 is 0. The molecule has 1 N–H and O–H groups in total. The number of nitrogens with zero attached hydrogens (tertiary/aromatic N) is 3. The van der Waals surface area contributed by atoms with Gasteiger partial charge in [-0.3, -0.25) is 14.5 Å². The molecule has 0 radical (unpaired) electrons. The topological polar surface area (TPSA) is 55.9 Å². The molecule has 1 aromatic carbocycles. The van der Waals surface area contributed by atoms with Crippen LogP contribution in [0.1, 0.15) is 48.5 Å². The quantitative estimate of drug-likeness (QED) is 0.762. The standard InChI is InChI=1S/C23H36N4O2/c1-19-6-8-21(9-7-19)23(29)27(18-17-25-13-4-3-5-20(25)2)14-10-22(28)26-15-11-24-12-16-26/h6-9,20,24H,3-5,10-18H2,1-2H3/t20-/m1/s1. The van der Waals surface area contributed by atoms with Gasteiger partial charge in [0.25, 0.3) is 5.91 Å². The van der Waals surface area contributed by atoms with Gasteiger partial charge in [0.1, 0.15) is 0 Å². The fourth-order valence-corrected chi connectivity index (χ4v) is 4.24. The number of amides is 2. The van der Waals surface area contributed by atoms with Crippen LogP contribution in [0.5, 0.6) is 0 Å². The predicted octanol–water partition coefficient (Wildman–Crippen LogP) is 2.13. The number of benzene rings is 1. The van der Waals surface area contributed by atoms with Crippen LogP contribution in [0.4, 0.5) is 0 Å². The Morgan fingerprint density at radius 1 is 1.07 bits per heavy atom. The number of hydrogen-bond acceptors (Lipinski definition) is 4. The molecule has 2 fully saturated rings. The normalized spacial score (nSPS) is 20.5. The second-order valence-electron chi connectivity index (χ2n) is 8.42. The Balaban J connectivity index is 1.62. The lowest BCUT2D eigenvalue weighted by Crippen LogP contribution is -2.48. The Hall–Kier alpha value is -1.92. The van der Waals surface area contributed by atoms with Crippen molar-refractivity contribution in [2.24, 2.45) is 0 Å². The van der Waals surface area contributed by atoms with E-state index in [1.165, 1.54) is 19.3 Å². The molecule has 2 aliphatic rings. The molecule has 0 aliphatic carbocycles. The molecule has 6 heteroatoms. The maximum atomic E-state index is 13.2. The van der Waals surface area contributed by atoms with Crippen LogP contribution in [0.25, 0.3) is 0 Å². The van der Waals surface area contributed by atoms with Crippen molar-refractivity contribution in [2.45, 2.75) is 45.6 Å². The van der Waals surface area contributed by atoms with Crippen LogP contribution < -0.4 is 5.32 Å². The van der Waals surface area contributed by atoms with E-state index in [-0.39, 0.29) is 11.8 Å². The lowest BCUT2D eigenvalue weighted by molar-refractivity contribution is -0.131. The van der Waals surface area contributed by atoms with Crippen molar-refractivity contribution >= 4 is 11.8 Å². The second kappa shape index (κ2) is 10.7. The van der Waals surface area contributed by atoms with E-state index in [4.69, 9.17) is 0 Å². The smallest absolute Gasteiger partial charge is 0.253 e. The molecule has 0 saturated carbocycles. The molecule has 3 rings (SSSR count). The number of piperazine rings is 1. The van der Waals surface area contributed by atoms with Gasteiger partial charge < -0.3 is 15.1 Å². The summed E-state index contributed by atoms with van der Waals surface area (Å²) in [4.78, 5) is 32.1. The van der Waals surface area contributed by atoms with Gasteiger partial charge in [-0.05, 0) is 45.4 Å². The molecule has 29 heavy (non-hydrogen) atoms. The van der Waals surface area contributed by atoms with Crippen LogP contribution >= 0.6 is 0 Å². The molecule has 1 aromatic rings. The first-order valence-corrected chi connectivity index (χ1v) is 11.1. The van der Waals surface area contributed by atoms with Crippen LogP contribution in [0, 0.1) is 6.92 Å². The summed E-state index contributed by atoms with van der Waals surface area (Å²) in [6.45, 7) is 10.7. The Morgan fingerprint density at radius 3 is 2.48 bits per heavy atom. The van der Waals surface area contributed by atoms with E-state index in [1.807, 2.05) is 41.0 Å². The maximum absolute atomic E-state index is 13.2. The first-order valence-electron chi connectivity index (χ1n) is 11.1. The van der Waals surface area contributed by atoms with E-state index >= 15 is 0 Å². The van der Waals surface area contributed by atoms with E-state index < -0.39 is 0 Å². The van der Waals surface area contributed by atoms with Gasteiger partial charge >= 0.3 is 0 Å². The number of piperidine rings is 1. The molecule has 0 unspecified atom stereocenters. The van der Waals surface area contributed by atoms with Gasteiger partial charge in [-0.15, -0.1) is 0 Å². The van der Waals surface area contributed by atoms with Crippen LogP contribution in [-0.2, 0) is 4.79 Å². The highest BCUT2D eigenvalue weighted by molar-refractivity contribution is 5.94. The van der Waals surface area contributed by atoms with Crippen LogP contribution in [0.2, 0.25) is 0 Å². The number of carbonyl (C=O) groups excluding carboxylic acids is 2. The Labute approximate surface area is 175 Å². The molecule has 0 bridgehead atoms. The van der Waals surface area contributed by atoms with E-state index in [2.05, 4.69) is 17.1 Å². The van der Waals surface area contributed by atoms with Gasteiger partial charge in [0, 0.05) is 63.8 Å². The summed E-state index contributed by atoms with van der Waals surface area (Å²) in [7, 11) is 0. The van der Waals surface area contributed by atoms with Crippen molar-refractivity contribution in [3.8, 4) is 0 Å². The predicted molar refractivity (Wildman–Crippen MR) is 116 cm³/mol. The lowest BCUT2D eigenvalue weighted by atomic mass is 10.0. The zero-order valence-electron chi connectivity index (χ0n) is 18.0. The number of aryl methyl sites for hydroxylation is 1. The van der Waals surface area contributed by atoms with E-state index in [0.29, 0.717) is 31.1 Å². The largest absolute Gasteiger partial charge is 0.340 e. The van der Waals surface area contributed by atoms with Crippen LogP contribution in [0.15, 0.2) is 24.3 Å². The van der Waals surface area contributed by atoms with Gasteiger partial charge in [0.15, 0.2) is 0 Å². The van der Waals surface area contributed by atoms with Crippen LogP contribution in [0.3, 0.4) is 0 Å². The molecular formula is C23H36N4O2. The second-order valence-corrected chi connectivity index (χ2v) is 8.42. The highest BCUT2D eigenvalue weighted by Crippen LogP contribution is 2.16. The van der Waals surface area contributed by atoms with Gasteiger partial charge in [0.05, 0.1) is 0 Å². The minimum absolute atomic E-state index is 0.0303. The highest BCUT2D eigenvalue weighted by Gasteiger charge is 2.23. The van der Waals surface area contributed by atoms with Crippen molar-refractivity contribution < 1.29 is 9.59 Å². The van der Waals surface area contributed by atoms with Crippen molar-refractivity contribution in [3.63, 3.8) is 0 Å². The summed E-state index contributed by atoms with van der Waals surface area (Å²) in [6, 6.07) is 8.31. The first kappa shape index (κ1) is 21.8. The Bertz CT molecular complexity index is 670. The van der Waals surface area contributed by atoms with Crippen molar-refractivity contribution in [1.82, 2.24) is 20.0 Å². The fourth-order valence-electron chi connectivity index (χ4n) is 4.24. The van der Waals surface area contributed by atoms with Crippen molar-refractivity contribution in [1.29, 1.82) is 0 Å². The summed E-state index contributed by atoms with van der Waals surface area (Å²) < 4.78 is 0. The van der Waals surface area contributed by atoms with E-state index in [1.54, 1.807) is 0 Å². The van der Waals surface area contributed by atoms with E-state index in [9.17, 15) is 9.59 Å². The van der Waals surface area contributed by atoms with Crippen molar-refractivity contribution in [3.05, 3.63) is 35.4 Å². The molecule has 1 atom stereocenters. The maximum Gasteiger partial charge on any atom is 0.253 e. The molecule has 160 valence electrons. The van der Waals surface area contributed by atoms with Gasteiger partial charge in [-0.2, -0.15) is 0 Å². The number of likely N-dealkylation sites (tertiary alicyclic amines) is 1. The minimum atomic E-state index is 0.0303. The average Bonchev–Trinajstić information content (AvgIpc) is 2.75. The fraction of sp³-hybridized carbons (Fsp3) is 0.652. The molecule has 2 saturated heterocycles. The number of nitrogens with one attached hydrogen (secondary N) is 1. The Kier molecular flexibility index (Phi) is 8.07. The summed E-state index contributed by atoms with van der Waals surface area (Å²) in [6.07, 6.45) is 4.15. The molecule has 0 aromatic heterocycles. The monoisotopic (exact) mass is 400 g/mol. The minimum Gasteiger partial charge on any atom is -0.340 e. The third kappa shape index (κ3) is 6.28. The van der Waals surface area contributed by atoms with E-state index in [0.717, 1.165) is 44.8 Å². The van der Waals surface area contributed by atoms with Gasteiger partial charge in [0.2, 0.25) is 5.91 Å². The third-order valence-corrected chi connectivity index (χ3v) is 6.25. The van der Waals surface area contributed by atoms with Gasteiger partial charge in [-0.1, -0.05) is 24.1 Å². The molecular weight excluding hydrogens is 364 g/mol. The summed E-state index contributed by atoms with van der Waals surface area (Å²) in [5.74, 6) is 0.183. The molecule has 2 aliphatic heterocycles. The number of carbonyl (C=O) groups is 2. The summed E-state index contributed by atoms with van der Waals surface area (Å²) in [5.41, 5.74) is 1.85. The molecule has 2 heterocycles. The SMILES string of the molecule is Cc1ccc(C(=O)N(CCC(=O)N2CCNCC2)CCN2CCCC[C@H]2C)cc1. The molecule has 6 nitrogen and oxygen atoms in total. The Morgan fingerprint density at radius 2 is 1.79 bits per heavy atom. The zero-order chi connectivity index (χ0) is 20.6. The third-order valence-electron chi connectivity index (χ3n) is 6.25. The summed E-state index contributed by atoms with van der Waals surface area (Å²) in [5, 5.41) is 3.28. The molecule has 2 amide bonds. The van der Waals surface area contributed by atoms with Crippen molar-refractivity contribution in [2.75, 3.05) is 52.4 Å². The number of hydrogen-bond donors (Lipinski definition) is 1.